The van der Waals surface area contributed by atoms with Gasteiger partial charge in [-0.3, -0.25) is 4.79 Å². The van der Waals surface area contributed by atoms with Gasteiger partial charge >= 0.3 is 0 Å². The first-order valence-corrected chi connectivity index (χ1v) is 8.15. The Kier molecular flexibility index (Phi) is 4.22. The summed E-state index contributed by atoms with van der Waals surface area (Å²) < 4.78 is 5.02. The number of hydrogen-bond donors (Lipinski definition) is 0. The zero-order valence-electron chi connectivity index (χ0n) is 11.6. The highest BCUT2D eigenvalue weighted by molar-refractivity contribution is 7.99. The van der Waals surface area contributed by atoms with Gasteiger partial charge in [0, 0.05) is 22.5 Å². The molecule has 0 bridgehead atoms. The molecular weight excluding hydrogens is 308 g/mol. The van der Waals surface area contributed by atoms with E-state index in [1.807, 2.05) is 30.0 Å². The molecular formula is C15H15ClN2O2S. The molecule has 1 aliphatic heterocycles. The zero-order valence-corrected chi connectivity index (χ0v) is 13.2. The van der Waals surface area contributed by atoms with Gasteiger partial charge in [0.2, 0.25) is 5.91 Å². The molecule has 0 atom stereocenters. The minimum absolute atomic E-state index is 0.0225. The van der Waals surface area contributed by atoms with E-state index < -0.39 is 0 Å². The monoisotopic (exact) mass is 322 g/mol. The molecule has 0 unspecified atom stereocenters. The topological polar surface area (TPSA) is 46.3 Å². The maximum atomic E-state index is 12.6. The van der Waals surface area contributed by atoms with E-state index in [0.29, 0.717) is 23.0 Å². The summed E-state index contributed by atoms with van der Waals surface area (Å²) in [5.74, 6) is 1.74. The molecule has 2 aromatic rings. The summed E-state index contributed by atoms with van der Waals surface area (Å²) in [7, 11) is 0. The third-order valence-corrected chi connectivity index (χ3v) is 4.69. The van der Waals surface area contributed by atoms with Crippen molar-refractivity contribution in [2.75, 3.05) is 17.2 Å². The number of aromatic nitrogens is 1. The summed E-state index contributed by atoms with van der Waals surface area (Å²) in [6.45, 7) is 2.52. The van der Waals surface area contributed by atoms with Crippen molar-refractivity contribution in [3.8, 4) is 0 Å². The van der Waals surface area contributed by atoms with Crippen LogP contribution in [0.1, 0.15) is 17.9 Å². The van der Waals surface area contributed by atoms with E-state index in [-0.39, 0.29) is 12.3 Å². The van der Waals surface area contributed by atoms with E-state index in [9.17, 15) is 4.79 Å². The largest absolute Gasteiger partial charge is 0.361 e. The van der Waals surface area contributed by atoms with E-state index in [2.05, 4.69) is 5.16 Å². The zero-order chi connectivity index (χ0) is 14.8. The molecule has 6 heteroatoms. The van der Waals surface area contributed by atoms with Crippen LogP contribution in [0.25, 0.3) is 0 Å². The number of anilines is 1. The molecule has 1 amide bonds. The number of rotatable bonds is 2. The molecule has 3 rings (SSSR count). The fourth-order valence-corrected chi connectivity index (χ4v) is 3.50. The van der Waals surface area contributed by atoms with Gasteiger partial charge in [0.1, 0.15) is 5.76 Å². The van der Waals surface area contributed by atoms with Gasteiger partial charge in [0.25, 0.3) is 0 Å². The number of aryl methyl sites for hydroxylation is 1. The number of carbonyl (C=O) groups excluding carboxylic acids is 1. The van der Waals surface area contributed by atoms with Crippen LogP contribution in [0.4, 0.5) is 5.69 Å². The van der Waals surface area contributed by atoms with E-state index in [4.69, 9.17) is 16.1 Å². The molecule has 0 saturated heterocycles. The van der Waals surface area contributed by atoms with Crippen molar-refractivity contribution >= 4 is 35.0 Å². The van der Waals surface area contributed by atoms with Gasteiger partial charge in [0.05, 0.1) is 17.8 Å². The van der Waals surface area contributed by atoms with E-state index in [1.54, 1.807) is 17.8 Å². The molecule has 0 radical (unpaired) electrons. The lowest BCUT2D eigenvalue weighted by atomic mass is 10.2. The third kappa shape index (κ3) is 3.24. The quantitative estimate of drug-likeness (QED) is 0.845. The molecule has 0 saturated carbocycles. The van der Waals surface area contributed by atoms with Gasteiger partial charge in [-0.2, -0.15) is 0 Å². The molecule has 1 aliphatic rings. The third-order valence-electron chi connectivity index (χ3n) is 3.31. The average molecular weight is 323 g/mol. The smallest absolute Gasteiger partial charge is 0.233 e. The van der Waals surface area contributed by atoms with Crippen molar-refractivity contribution in [3.63, 3.8) is 0 Å². The minimum atomic E-state index is 0.0225. The van der Waals surface area contributed by atoms with Gasteiger partial charge in [-0.25, -0.2) is 0 Å². The van der Waals surface area contributed by atoms with Crippen LogP contribution >= 0.6 is 23.4 Å². The Bertz CT molecular complexity index is 671. The summed E-state index contributed by atoms with van der Waals surface area (Å²) in [5.41, 5.74) is 1.56. The van der Waals surface area contributed by atoms with Crippen LogP contribution in [-0.4, -0.2) is 23.4 Å². The number of fused-ring (bicyclic) bond motifs is 1. The van der Waals surface area contributed by atoms with Crippen molar-refractivity contribution < 1.29 is 9.32 Å². The van der Waals surface area contributed by atoms with Crippen LogP contribution in [0.2, 0.25) is 5.02 Å². The van der Waals surface area contributed by atoms with Gasteiger partial charge < -0.3 is 9.42 Å². The van der Waals surface area contributed by atoms with Crippen molar-refractivity contribution in [1.82, 2.24) is 5.16 Å². The van der Waals surface area contributed by atoms with Crippen molar-refractivity contribution in [2.45, 2.75) is 24.7 Å². The summed E-state index contributed by atoms with van der Waals surface area (Å²) in [6, 6.07) is 7.50. The first-order valence-electron chi connectivity index (χ1n) is 6.78. The van der Waals surface area contributed by atoms with Crippen molar-refractivity contribution in [1.29, 1.82) is 0 Å². The maximum absolute atomic E-state index is 12.6. The summed E-state index contributed by atoms with van der Waals surface area (Å²) in [6.07, 6.45) is 1.20. The van der Waals surface area contributed by atoms with Gasteiger partial charge in [-0.15, -0.1) is 11.8 Å². The van der Waals surface area contributed by atoms with E-state index in [1.165, 1.54) is 0 Å². The molecule has 4 nitrogen and oxygen atoms in total. The van der Waals surface area contributed by atoms with Crippen LogP contribution in [0.5, 0.6) is 0 Å². The highest BCUT2D eigenvalue weighted by Crippen LogP contribution is 2.36. The molecule has 0 aliphatic carbocycles. The Balaban J connectivity index is 1.87. The molecule has 0 spiro atoms. The molecule has 110 valence electrons. The lowest BCUT2D eigenvalue weighted by molar-refractivity contribution is -0.118. The first-order chi connectivity index (χ1) is 10.1. The molecule has 21 heavy (non-hydrogen) atoms. The van der Waals surface area contributed by atoms with Crippen molar-refractivity contribution in [3.05, 3.63) is 40.7 Å². The van der Waals surface area contributed by atoms with E-state index >= 15 is 0 Å². The Morgan fingerprint density at radius 3 is 3.10 bits per heavy atom. The maximum Gasteiger partial charge on any atom is 0.233 e. The predicted octanol–water partition coefficient (Wildman–Crippen LogP) is 3.71. The predicted molar refractivity (Wildman–Crippen MR) is 84.1 cm³/mol. The van der Waals surface area contributed by atoms with Crippen LogP contribution in [0, 0.1) is 6.92 Å². The Morgan fingerprint density at radius 1 is 1.48 bits per heavy atom. The highest BCUT2D eigenvalue weighted by Gasteiger charge is 2.22. The second-order valence-corrected chi connectivity index (χ2v) is 6.54. The summed E-state index contributed by atoms with van der Waals surface area (Å²) in [4.78, 5) is 15.5. The SMILES string of the molecule is Cc1cc(CC(=O)N2CCCSc3ccc(Cl)cc32)no1. The molecule has 0 N–H and O–H groups in total. The highest BCUT2D eigenvalue weighted by atomic mass is 35.5. The van der Waals surface area contributed by atoms with E-state index in [0.717, 1.165) is 22.8 Å². The normalized spacial score (nSPS) is 14.7. The second-order valence-electron chi connectivity index (χ2n) is 4.97. The number of benzene rings is 1. The Labute approximate surface area is 132 Å². The number of amides is 1. The fraction of sp³-hybridized carbons (Fsp3) is 0.333. The molecule has 1 aromatic heterocycles. The van der Waals surface area contributed by atoms with Crippen LogP contribution in [0.3, 0.4) is 0 Å². The first kappa shape index (κ1) is 14.5. The lowest BCUT2D eigenvalue weighted by Gasteiger charge is -2.22. The number of halogens is 1. The Hall–Kier alpha value is -1.46. The van der Waals surface area contributed by atoms with Crippen LogP contribution in [-0.2, 0) is 11.2 Å². The second kappa shape index (κ2) is 6.12. The lowest BCUT2D eigenvalue weighted by Crippen LogP contribution is -2.33. The molecule has 1 aromatic carbocycles. The number of carbonyl (C=O) groups is 1. The standard InChI is InChI=1S/C15H15ClN2O2S/c1-10-7-12(17-20-10)9-15(19)18-5-2-6-21-14-4-3-11(16)8-13(14)18/h3-4,7-8H,2,5-6,9H2,1H3. The Morgan fingerprint density at radius 2 is 2.33 bits per heavy atom. The fourth-order valence-electron chi connectivity index (χ4n) is 2.36. The van der Waals surface area contributed by atoms with Crippen LogP contribution in [0.15, 0.2) is 33.7 Å². The van der Waals surface area contributed by atoms with Gasteiger partial charge in [-0.05, 0) is 37.3 Å². The average Bonchev–Trinajstić information content (AvgIpc) is 2.73. The summed E-state index contributed by atoms with van der Waals surface area (Å²) >= 11 is 7.85. The molecule has 2 heterocycles. The van der Waals surface area contributed by atoms with Gasteiger partial charge in [-0.1, -0.05) is 16.8 Å². The van der Waals surface area contributed by atoms with Crippen LogP contribution < -0.4 is 4.90 Å². The van der Waals surface area contributed by atoms with Gasteiger partial charge in [0.15, 0.2) is 0 Å². The minimum Gasteiger partial charge on any atom is -0.361 e. The van der Waals surface area contributed by atoms with Crippen molar-refractivity contribution in [2.24, 2.45) is 0 Å². The number of hydrogen-bond acceptors (Lipinski definition) is 4. The summed E-state index contributed by atoms with van der Waals surface area (Å²) in [5, 5.41) is 4.54. The number of thioether (sulfide) groups is 1. The molecule has 0 fully saturated rings. The number of nitrogens with zero attached hydrogens (tertiary/aromatic N) is 2.